The van der Waals surface area contributed by atoms with Crippen molar-refractivity contribution >= 4 is 0 Å². The normalized spacial score (nSPS) is 26.2. The number of nitrogens with one attached hydrogen (secondary N) is 1. The molecule has 15 heavy (non-hydrogen) atoms. The van der Waals surface area contributed by atoms with E-state index in [1.54, 1.807) is 0 Å². The molecule has 2 aliphatic rings. The Labute approximate surface area is 94.4 Å². The summed E-state index contributed by atoms with van der Waals surface area (Å²) >= 11 is 0. The molecule has 0 bridgehead atoms. The Balaban J connectivity index is 1.74. The monoisotopic (exact) mass is 210 g/mol. The Hall–Kier alpha value is -0.0800. The third-order valence-corrected chi connectivity index (χ3v) is 3.85. The summed E-state index contributed by atoms with van der Waals surface area (Å²) in [4.78, 5) is 2.72. The fourth-order valence-corrected chi connectivity index (χ4v) is 2.58. The summed E-state index contributed by atoms with van der Waals surface area (Å²) in [5.74, 6) is 0. The summed E-state index contributed by atoms with van der Waals surface area (Å²) < 4.78 is 0. The summed E-state index contributed by atoms with van der Waals surface area (Å²) in [5, 5.41) is 3.68. The molecule has 0 spiro atoms. The zero-order valence-electron chi connectivity index (χ0n) is 10.2. The molecule has 0 aromatic heterocycles. The molecule has 0 aromatic rings. The second-order valence-corrected chi connectivity index (χ2v) is 5.19. The van der Waals surface area contributed by atoms with Gasteiger partial charge in [0.05, 0.1) is 0 Å². The maximum absolute atomic E-state index is 3.68. The first-order valence-corrected chi connectivity index (χ1v) is 6.87. The standard InChI is InChI=1S/C13H26N2/c1-2-13(11-14-12-7-8-12)15-9-5-3-4-6-10-15/h12-14H,2-11H2,1H3. The smallest absolute Gasteiger partial charge is 0.0218 e. The van der Waals surface area contributed by atoms with Crippen LogP contribution in [0.2, 0.25) is 0 Å². The molecular weight excluding hydrogens is 184 g/mol. The van der Waals surface area contributed by atoms with Gasteiger partial charge in [0.15, 0.2) is 0 Å². The first kappa shape index (κ1) is 11.4. The zero-order chi connectivity index (χ0) is 10.5. The molecule has 1 aliphatic carbocycles. The van der Waals surface area contributed by atoms with Gasteiger partial charge in [-0.1, -0.05) is 19.8 Å². The molecule has 2 rings (SSSR count). The molecule has 2 heteroatoms. The molecule has 2 nitrogen and oxygen atoms in total. The van der Waals surface area contributed by atoms with Crippen molar-refractivity contribution in [1.82, 2.24) is 10.2 Å². The van der Waals surface area contributed by atoms with Crippen LogP contribution >= 0.6 is 0 Å². The van der Waals surface area contributed by atoms with Crippen molar-refractivity contribution in [3.05, 3.63) is 0 Å². The highest BCUT2D eigenvalue weighted by Crippen LogP contribution is 2.20. The minimum absolute atomic E-state index is 0.795. The molecule has 1 saturated heterocycles. The lowest BCUT2D eigenvalue weighted by molar-refractivity contribution is 0.193. The molecule has 0 radical (unpaired) electrons. The Bertz CT molecular complexity index is 169. The van der Waals surface area contributed by atoms with Gasteiger partial charge in [-0.15, -0.1) is 0 Å². The molecule has 1 aliphatic heterocycles. The highest BCUT2D eigenvalue weighted by Gasteiger charge is 2.23. The number of likely N-dealkylation sites (tertiary alicyclic amines) is 1. The average Bonchev–Trinajstić information content (AvgIpc) is 3.05. The van der Waals surface area contributed by atoms with Crippen LogP contribution in [0.25, 0.3) is 0 Å². The van der Waals surface area contributed by atoms with Crippen LogP contribution in [0.1, 0.15) is 51.9 Å². The summed E-state index contributed by atoms with van der Waals surface area (Å²) in [5.41, 5.74) is 0. The molecule has 1 N–H and O–H groups in total. The molecule has 2 fully saturated rings. The molecule has 1 saturated carbocycles. The second kappa shape index (κ2) is 5.86. The van der Waals surface area contributed by atoms with E-state index >= 15 is 0 Å². The average molecular weight is 210 g/mol. The first-order chi connectivity index (χ1) is 7.40. The largest absolute Gasteiger partial charge is 0.312 e. The van der Waals surface area contributed by atoms with E-state index in [1.165, 1.54) is 64.6 Å². The van der Waals surface area contributed by atoms with Gasteiger partial charge in [0.2, 0.25) is 0 Å². The summed E-state index contributed by atoms with van der Waals surface area (Å²) in [7, 11) is 0. The maximum atomic E-state index is 3.68. The van der Waals surface area contributed by atoms with Crippen LogP contribution in [0, 0.1) is 0 Å². The second-order valence-electron chi connectivity index (χ2n) is 5.19. The lowest BCUT2D eigenvalue weighted by Crippen LogP contribution is -2.43. The van der Waals surface area contributed by atoms with E-state index in [-0.39, 0.29) is 0 Å². The Kier molecular flexibility index (Phi) is 4.45. The summed E-state index contributed by atoms with van der Waals surface area (Å²) in [6.45, 7) is 6.24. The Morgan fingerprint density at radius 1 is 1.13 bits per heavy atom. The van der Waals surface area contributed by atoms with Crippen LogP contribution < -0.4 is 5.32 Å². The van der Waals surface area contributed by atoms with Crippen molar-refractivity contribution in [2.24, 2.45) is 0 Å². The molecular formula is C13H26N2. The van der Waals surface area contributed by atoms with Gasteiger partial charge in [-0.2, -0.15) is 0 Å². The number of rotatable bonds is 5. The molecule has 0 aromatic carbocycles. The molecule has 1 heterocycles. The highest BCUT2D eigenvalue weighted by atomic mass is 15.2. The highest BCUT2D eigenvalue weighted by molar-refractivity contribution is 4.84. The lowest BCUT2D eigenvalue weighted by Gasteiger charge is -2.30. The van der Waals surface area contributed by atoms with Gasteiger partial charge in [0.1, 0.15) is 0 Å². The number of nitrogens with zero attached hydrogens (tertiary/aromatic N) is 1. The number of hydrogen-bond donors (Lipinski definition) is 1. The van der Waals surface area contributed by atoms with Crippen molar-refractivity contribution in [3.63, 3.8) is 0 Å². The summed E-state index contributed by atoms with van der Waals surface area (Å²) in [6.07, 6.45) is 9.86. The first-order valence-electron chi connectivity index (χ1n) is 6.87. The Morgan fingerprint density at radius 3 is 2.33 bits per heavy atom. The van der Waals surface area contributed by atoms with Gasteiger partial charge in [-0.05, 0) is 45.2 Å². The van der Waals surface area contributed by atoms with Crippen molar-refractivity contribution in [2.75, 3.05) is 19.6 Å². The van der Waals surface area contributed by atoms with E-state index in [1.807, 2.05) is 0 Å². The van der Waals surface area contributed by atoms with Crippen molar-refractivity contribution < 1.29 is 0 Å². The van der Waals surface area contributed by atoms with E-state index < -0.39 is 0 Å². The SMILES string of the molecule is CCC(CNC1CC1)N1CCCCCC1. The quantitative estimate of drug-likeness (QED) is 0.749. The van der Waals surface area contributed by atoms with Crippen LogP contribution in [0.4, 0.5) is 0 Å². The van der Waals surface area contributed by atoms with E-state index in [4.69, 9.17) is 0 Å². The van der Waals surface area contributed by atoms with Crippen LogP contribution in [-0.4, -0.2) is 36.6 Å². The van der Waals surface area contributed by atoms with E-state index in [2.05, 4.69) is 17.1 Å². The number of hydrogen-bond acceptors (Lipinski definition) is 2. The van der Waals surface area contributed by atoms with Gasteiger partial charge in [-0.25, -0.2) is 0 Å². The van der Waals surface area contributed by atoms with Crippen LogP contribution in [0.5, 0.6) is 0 Å². The van der Waals surface area contributed by atoms with Gasteiger partial charge < -0.3 is 5.32 Å². The van der Waals surface area contributed by atoms with Crippen molar-refractivity contribution in [1.29, 1.82) is 0 Å². The molecule has 0 amide bonds. The fraction of sp³-hybridized carbons (Fsp3) is 1.00. The predicted octanol–water partition coefficient (Wildman–Crippen LogP) is 2.39. The van der Waals surface area contributed by atoms with E-state index in [0.29, 0.717) is 0 Å². The fourth-order valence-electron chi connectivity index (χ4n) is 2.58. The van der Waals surface area contributed by atoms with Gasteiger partial charge in [0.25, 0.3) is 0 Å². The van der Waals surface area contributed by atoms with E-state index in [0.717, 1.165) is 12.1 Å². The third-order valence-electron chi connectivity index (χ3n) is 3.85. The zero-order valence-corrected chi connectivity index (χ0v) is 10.2. The molecule has 1 atom stereocenters. The van der Waals surface area contributed by atoms with Crippen LogP contribution in [-0.2, 0) is 0 Å². The Morgan fingerprint density at radius 2 is 1.80 bits per heavy atom. The lowest BCUT2D eigenvalue weighted by atomic mass is 10.1. The predicted molar refractivity (Wildman–Crippen MR) is 65.1 cm³/mol. The van der Waals surface area contributed by atoms with Gasteiger partial charge in [-0.3, -0.25) is 4.90 Å². The van der Waals surface area contributed by atoms with Crippen molar-refractivity contribution in [3.8, 4) is 0 Å². The minimum Gasteiger partial charge on any atom is -0.312 e. The minimum atomic E-state index is 0.795. The van der Waals surface area contributed by atoms with Crippen molar-refractivity contribution in [2.45, 2.75) is 64.0 Å². The van der Waals surface area contributed by atoms with Crippen LogP contribution in [0.3, 0.4) is 0 Å². The van der Waals surface area contributed by atoms with Crippen LogP contribution in [0.15, 0.2) is 0 Å². The van der Waals surface area contributed by atoms with Gasteiger partial charge in [0, 0.05) is 18.6 Å². The molecule has 88 valence electrons. The third kappa shape index (κ3) is 3.76. The maximum Gasteiger partial charge on any atom is 0.0218 e. The summed E-state index contributed by atoms with van der Waals surface area (Å²) in [6, 6.07) is 1.66. The van der Waals surface area contributed by atoms with E-state index in [9.17, 15) is 0 Å². The molecule has 1 unspecified atom stereocenters. The van der Waals surface area contributed by atoms with Gasteiger partial charge >= 0.3 is 0 Å². The topological polar surface area (TPSA) is 15.3 Å².